The first-order chi connectivity index (χ1) is 7.18. The second-order valence-electron chi connectivity index (χ2n) is 2.57. The van der Waals surface area contributed by atoms with Gasteiger partial charge in [0.05, 0.1) is 20.9 Å². The van der Waals surface area contributed by atoms with E-state index in [1.165, 1.54) is 29.5 Å². The Morgan fingerprint density at radius 3 is 2.60 bits per heavy atom. The van der Waals surface area contributed by atoms with Gasteiger partial charge in [0.2, 0.25) is 0 Å². The van der Waals surface area contributed by atoms with Gasteiger partial charge >= 0.3 is 0 Å². The molecule has 7 nitrogen and oxygen atoms in total. The molecular formula is C7H4IN5O2. The number of pyridine rings is 1. The highest BCUT2D eigenvalue weighted by Crippen LogP contribution is 2.18. The lowest BCUT2D eigenvalue weighted by molar-refractivity contribution is -0.385. The maximum Gasteiger partial charge on any atom is 0.288 e. The molecule has 76 valence electrons. The number of hydrogen-bond acceptors (Lipinski definition) is 5. The summed E-state index contributed by atoms with van der Waals surface area (Å²) in [4.78, 5) is 15.2. The van der Waals surface area contributed by atoms with Gasteiger partial charge in [-0.05, 0) is 22.6 Å². The molecule has 0 saturated carbocycles. The molecule has 0 spiro atoms. The van der Waals surface area contributed by atoms with Crippen LogP contribution < -0.4 is 0 Å². The summed E-state index contributed by atoms with van der Waals surface area (Å²) in [6.07, 6.45) is 4.21. The van der Waals surface area contributed by atoms with E-state index in [9.17, 15) is 10.1 Å². The van der Waals surface area contributed by atoms with E-state index in [0.29, 0.717) is 9.39 Å². The first kappa shape index (κ1) is 9.96. The van der Waals surface area contributed by atoms with Gasteiger partial charge in [0.1, 0.15) is 6.20 Å². The van der Waals surface area contributed by atoms with Crippen LogP contribution in [0.25, 0.3) is 5.82 Å². The van der Waals surface area contributed by atoms with E-state index in [1.807, 2.05) is 22.6 Å². The fourth-order valence-electron chi connectivity index (χ4n) is 0.993. The van der Waals surface area contributed by atoms with Gasteiger partial charge < -0.3 is 0 Å². The zero-order valence-electron chi connectivity index (χ0n) is 7.24. The number of nitrogens with zero attached hydrogens (tertiary/aromatic N) is 5. The van der Waals surface area contributed by atoms with Gasteiger partial charge in [-0.3, -0.25) is 10.1 Å². The van der Waals surface area contributed by atoms with Gasteiger partial charge in [-0.25, -0.2) is 4.98 Å². The summed E-state index contributed by atoms with van der Waals surface area (Å²) in [5.41, 5.74) is -0.0460. The zero-order chi connectivity index (χ0) is 10.8. The predicted molar refractivity (Wildman–Crippen MR) is 58.5 cm³/mol. The Balaban J connectivity index is 2.48. The minimum absolute atomic E-state index is 0.0460. The third-order valence-corrected chi connectivity index (χ3v) is 2.42. The van der Waals surface area contributed by atoms with Crippen LogP contribution in [0.15, 0.2) is 24.7 Å². The first-order valence-electron chi connectivity index (χ1n) is 3.85. The van der Waals surface area contributed by atoms with Crippen molar-refractivity contribution in [3.8, 4) is 5.82 Å². The van der Waals surface area contributed by atoms with Crippen molar-refractivity contribution in [1.29, 1.82) is 0 Å². The van der Waals surface area contributed by atoms with Gasteiger partial charge in [-0.1, -0.05) is 0 Å². The van der Waals surface area contributed by atoms with E-state index in [2.05, 4.69) is 15.2 Å². The highest BCUT2D eigenvalue weighted by atomic mass is 127. The van der Waals surface area contributed by atoms with Crippen molar-refractivity contribution < 1.29 is 4.92 Å². The van der Waals surface area contributed by atoms with Gasteiger partial charge in [-0.15, -0.1) is 4.80 Å². The fraction of sp³-hybridized carbons (Fsp3) is 0. The second-order valence-corrected chi connectivity index (χ2v) is 3.74. The molecule has 0 unspecified atom stereocenters. The largest absolute Gasteiger partial charge is 0.288 e. The van der Waals surface area contributed by atoms with Crippen LogP contribution in [-0.4, -0.2) is 24.9 Å². The topological polar surface area (TPSA) is 86.7 Å². The highest BCUT2D eigenvalue weighted by molar-refractivity contribution is 14.1. The van der Waals surface area contributed by atoms with Gasteiger partial charge in [0.15, 0.2) is 5.82 Å². The van der Waals surface area contributed by atoms with Crippen molar-refractivity contribution in [3.05, 3.63) is 38.3 Å². The molecule has 2 aromatic rings. The third-order valence-electron chi connectivity index (χ3n) is 1.63. The molecule has 2 heterocycles. The van der Waals surface area contributed by atoms with E-state index >= 15 is 0 Å². The third kappa shape index (κ3) is 1.93. The van der Waals surface area contributed by atoms with E-state index in [4.69, 9.17) is 0 Å². The molecule has 0 aliphatic carbocycles. The highest BCUT2D eigenvalue weighted by Gasteiger charge is 2.12. The monoisotopic (exact) mass is 317 g/mol. The normalized spacial score (nSPS) is 10.2. The predicted octanol–water partition coefficient (Wildman–Crippen LogP) is 1.18. The summed E-state index contributed by atoms with van der Waals surface area (Å²) in [6, 6.07) is 1.42. The van der Waals surface area contributed by atoms with Crippen molar-refractivity contribution >= 4 is 28.3 Å². The van der Waals surface area contributed by atoms with Crippen molar-refractivity contribution in [3.63, 3.8) is 0 Å². The molecule has 0 radical (unpaired) electrons. The molecule has 0 aliphatic heterocycles. The Morgan fingerprint density at radius 1 is 1.40 bits per heavy atom. The fourth-order valence-corrected chi connectivity index (χ4v) is 1.67. The molecular weight excluding hydrogens is 313 g/mol. The molecule has 0 aliphatic rings. The van der Waals surface area contributed by atoms with Crippen LogP contribution in [0.5, 0.6) is 0 Å². The van der Waals surface area contributed by atoms with E-state index in [1.54, 1.807) is 0 Å². The van der Waals surface area contributed by atoms with Crippen LogP contribution in [0.1, 0.15) is 0 Å². The summed E-state index contributed by atoms with van der Waals surface area (Å²) >= 11 is 1.95. The summed E-state index contributed by atoms with van der Waals surface area (Å²) in [5, 5.41) is 18.3. The Kier molecular flexibility index (Phi) is 2.58. The molecule has 0 amide bonds. The number of nitro groups is 1. The summed E-state index contributed by atoms with van der Waals surface area (Å²) in [5.74, 6) is 0.478. The van der Waals surface area contributed by atoms with Crippen molar-refractivity contribution in [2.24, 2.45) is 0 Å². The quantitative estimate of drug-likeness (QED) is 0.471. The van der Waals surface area contributed by atoms with Crippen LogP contribution in [0, 0.1) is 13.7 Å². The molecule has 2 aromatic heterocycles. The smallest absolute Gasteiger partial charge is 0.258 e. The average molecular weight is 317 g/mol. The molecule has 0 bridgehead atoms. The lowest BCUT2D eigenvalue weighted by Gasteiger charge is -2.00. The number of halogens is 1. The van der Waals surface area contributed by atoms with Gasteiger partial charge in [0, 0.05) is 6.07 Å². The Hall–Kier alpha value is -1.58. The van der Waals surface area contributed by atoms with E-state index in [0.717, 1.165) is 0 Å². The number of aromatic nitrogens is 4. The van der Waals surface area contributed by atoms with Gasteiger partial charge in [0.25, 0.3) is 5.69 Å². The zero-order valence-corrected chi connectivity index (χ0v) is 9.40. The molecule has 0 fully saturated rings. The second kappa shape index (κ2) is 3.88. The average Bonchev–Trinajstić information content (AvgIpc) is 2.70. The van der Waals surface area contributed by atoms with E-state index in [-0.39, 0.29) is 5.69 Å². The van der Waals surface area contributed by atoms with Crippen molar-refractivity contribution in [2.45, 2.75) is 0 Å². The molecule has 0 atom stereocenters. The molecule has 0 N–H and O–H groups in total. The van der Waals surface area contributed by atoms with E-state index < -0.39 is 4.92 Å². The standard InChI is InChI=1S/C7H4IN5O2/c8-6-3-5(13(14)15)4-9-7(6)12-10-1-2-11-12/h1-4H. The summed E-state index contributed by atoms with van der Waals surface area (Å²) in [6.45, 7) is 0. The lowest BCUT2D eigenvalue weighted by atomic mass is 10.4. The van der Waals surface area contributed by atoms with Crippen LogP contribution in [0.2, 0.25) is 0 Å². The Labute approximate surface area is 97.4 Å². The Morgan fingerprint density at radius 2 is 2.07 bits per heavy atom. The van der Waals surface area contributed by atoms with Crippen LogP contribution in [0.3, 0.4) is 0 Å². The molecule has 2 rings (SSSR count). The molecule has 15 heavy (non-hydrogen) atoms. The van der Waals surface area contributed by atoms with Crippen LogP contribution in [0.4, 0.5) is 5.69 Å². The summed E-state index contributed by atoms with van der Waals surface area (Å²) in [7, 11) is 0. The maximum atomic E-state index is 10.5. The number of hydrogen-bond donors (Lipinski definition) is 0. The SMILES string of the molecule is O=[N+]([O-])c1cnc(-n2nccn2)c(I)c1. The maximum absolute atomic E-state index is 10.5. The lowest BCUT2D eigenvalue weighted by Crippen LogP contribution is -2.04. The van der Waals surface area contributed by atoms with Crippen molar-refractivity contribution in [1.82, 2.24) is 20.0 Å². The summed E-state index contributed by atoms with van der Waals surface area (Å²) < 4.78 is 0.623. The van der Waals surface area contributed by atoms with Crippen LogP contribution >= 0.6 is 22.6 Å². The minimum atomic E-state index is -0.491. The minimum Gasteiger partial charge on any atom is -0.258 e. The first-order valence-corrected chi connectivity index (χ1v) is 4.93. The van der Waals surface area contributed by atoms with Crippen LogP contribution in [-0.2, 0) is 0 Å². The van der Waals surface area contributed by atoms with Gasteiger partial charge in [-0.2, -0.15) is 10.2 Å². The number of rotatable bonds is 2. The Bertz CT molecular complexity index is 498. The van der Waals surface area contributed by atoms with Crippen molar-refractivity contribution in [2.75, 3.05) is 0 Å². The molecule has 8 heteroatoms. The molecule has 0 saturated heterocycles. The molecule has 0 aromatic carbocycles.